The Kier molecular flexibility index (Phi) is 2.68. The van der Waals surface area contributed by atoms with Crippen LogP contribution in [0.15, 0.2) is 24.3 Å². The minimum atomic E-state index is 0.258. The van der Waals surface area contributed by atoms with Crippen LogP contribution in [0.5, 0.6) is 0 Å². The van der Waals surface area contributed by atoms with Crippen LogP contribution in [-0.4, -0.2) is 11.5 Å². The molecule has 1 aromatic heterocycles. The number of para-hydroxylation sites is 1. The van der Waals surface area contributed by atoms with E-state index in [0.717, 1.165) is 24.4 Å². The molecule has 1 aliphatic rings. The Labute approximate surface area is 106 Å². The van der Waals surface area contributed by atoms with E-state index < -0.39 is 0 Å². The van der Waals surface area contributed by atoms with Crippen molar-refractivity contribution in [1.82, 2.24) is 4.98 Å². The van der Waals surface area contributed by atoms with Crippen LogP contribution >= 0.6 is 11.3 Å². The van der Waals surface area contributed by atoms with E-state index in [-0.39, 0.29) is 5.41 Å². The third kappa shape index (κ3) is 2.09. The van der Waals surface area contributed by atoms with Gasteiger partial charge < -0.3 is 5.73 Å². The van der Waals surface area contributed by atoms with Crippen molar-refractivity contribution < 1.29 is 0 Å². The lowest BCUT2D eigenvalue weighted by molar-refractivity contribution is 0.281. The van der Waals surface area contributed by atoms with Gasteiger partial charge in [0.1, 0.15) is 0 Å². The molecule has 90 valence electrons. The molecule has 0 bridgehead atoms. The molecule has 1 fully saturated rings. The highest BCUT2D eigenvalue weighted by Crippen LogP contribution is 2.47. The molecule has 1 atom stereocenters. The Morgan fingerprint density at radius 1 is 1.41 bits per heavy atom. The molecule has 2 N–H and O–H groups in total. The summed E-state index contributed by atoms with van der Waals surface area (Å²) < 4.78 is 1.29. The molecule has 0 saturated heterocycles. The van der Waals surface area contributed by atoms with Gasteiger partial charge in [-0.15, -0.1) is 11.3 Å². The van der Waals surface area contributed by atoms with Gasteiger partial charge >= 0.3 is 0 Å². The van der Waals surface area contributed by atoms with Crippen molar-refractivity contribution >= 4 is 21.6 Å². The van der Waals surface area contributed by atoms with Gasteiger partial charge in [-0.05, 0) is 42.9 Å². The summed E-state index contributed by atoms with van der Waals surface area (Å²) >= 11 is 1.82. The lowest BCUT2D eigenvalue weighted by Crippen LogP contribution is -2.31. The maximum Gasteiger partial charge on any atom is 0.0944 e. The zero-order valence-corrected chi connectivity index (χ0v) is 11.0. The van der Waals surface area contributed by atoms with Crippen molar-refractivity contribution in [3.05, 3.63) is 29.3 Å². The molecule has 1 unspecified atom stereocenters. The first-order valence-corrected chi connectivity index (χ1v) is 7.07. The predicted molar refractivity (Wildman–Crippen MR) is 73.2 cm³/mol. The second kappa shape index (κ2) is 4.07. The van der Waals surface area contributed by atoms with Gasteiger partial charge in [-0.1, -0.05) is 19.1 Å². The zero-order chi connectivity index (χ0) is 11.9. The molecule has 2 aromatic rings. The molecule has 0 radical (unpaired) electrons. The molecule has 0 amide bonds. The van der Waals surface area contributed by atoms with E-state index >= 15 is 0 Å². The molecule has 3 heteroatoms. The average Bonchev–Trinajstić information content (AvgIpc) is 3.11. The molecule has 1 saturated carbocycles. The summed E-state index contributed by atoms with van der Waals surface area (Å²) in [6.45, 7) is 3.09. The quantitative estimate of drug-likeness (QED) is 0.899. The molecule has 0 spiro atoms. The van der Waals surface area contributed by atoms with E-state index in [4.69, 9.17) is 10.7 Å². The number of fused-ring (bicyclic) bond motifs is 1. The topological polar surface area (TPSA) is 38.9 Å². The van der Waals surface area contributed by atoms with Crippen LogP contribution in [0.4, 0.5) is 0 Å². The van der Waals surface area contributed by atoms with E-state index in [1.165, 1.54) is 22.5 Å². The lowest BCUT2D eigenvalue weighted by Gasteiger charge is -2.26. The molecule has 17 heavy (non-hydrogen) atoms. The molecular weight excluding hydrogens is 228 g/mol. The van der Waals surface area contributed by atoms with Gasteiger partial charge in [0, 0.05) is 6.42 Å². The van der Waals surface area contributed by atoms with Gasteiger partial charge in [-0.2, -0.15) is 0 Å². The number of benzene rings is 1. The maximum atomic E-state index is 5.97. The van der Waals surface area contributed by atoms with Gasteiger partial charge in [0.05, 0.1) is 15.2 Å². The first-order chi connectivity index (χ1) is 8.21. The van der Waals surface area contributed by atoms with Crippen molar-refractivity contribution in [2.24, 2.45) is 17.1 Å². The van der Waals surface area contributed by atoms with Crippen LogP contribution in [0.25, 0.3) is 10.2 Å². The Morgan fingerprint density at radius 3 is 2.82 bits per heavy atom. The summed E-state index contributed by atoms with van der Waals surface area (Å²) in [5.74, 6) is 0.819. The van der Waals surface area contributed by atoms with E-state index in [9.17, 15) is 0 Å². The Bertz CT molecular complexity index is 497. The fraction of sp³-hybridized carbons (Fsp3) is 0.500. The van der Waals surface area contributed by atoms with Gasteiger partial charge in [0.2, 0.25) is 0 Å². The number of aromatic nitrogens is 1. The molecule has 3 rings (SSSR count). The second-order valence-corrected chi connectivity index (χ2v) is 6.50. The molecular formula is C14H18N2S. The second-order valence-electron chi connectivity index (χ2n) is 5.38. The van der Waals surface area contributed by atoms with Crippen LogP contribution < -0.4 is 5.73 Å². The van der Waals surface area contributed by atoms with Gasteiger partial charge in [-0.3, -0.25) is 0 Å². The number of rotatable bonds is 4. The van der Waals surface area contributed by atoms with Crippen molar-refractivity contribution in [3.8, 4) is 0 Å². The van der Waals surface area contributed by atoms with Gasteiger partial charge in [0.25, 0.3) is 0 Å². The first kappa shape index (κ1) is 11.2. The van der Waals surface area contributed by atoms with E-state index in [1.54, 1.807) is 0 Å². The summed E-state index contributed by atoms with van der Waals surface area (Å²) in [5, 5.41) is 1.24. The van der Waals surface area contributed by atoms with Gasteiger partial charge in [-0.25, -0.2) is 4.98 Å². The standard InChI is InChI=1S/C14H18N2S/c1-14(9-15,10-6-7-10)8-13-16-11-4-2-3-5-12(11)17-13/h2-5,10H,6-9,15H2,1H3. The minimum absolute atomic E-state index is 0.258. The third-order valence-corrected chi connectivity index (χ3v) is 4.96. The summed E-state index contributed by atoms with van der Waals surface area (Å²) in [6, 6.07) is 8.36. The molecule has 1 heterocycles. The van der Waals surface area contributed by atoms with Crippen LogP contribution in [0.3, 0.4) is 0 Å². The summed E-state index contributed by atoms with van der Waals surface area (Å²) in [6.07, 6.45) is 3.73. The smallest absolute Gasteiger partial charge is 0.0944 e. The van der Waals surface area contributed by atoms with Gasteiger partial charge in [0.15, 0.2) is 0 Å². The fourth-order valence-electron chi connectivity index (χ4n) is 2.50. The highest BCUT2D eigenvalue weighted by molar-refractivity contribution is 7.18. The Balaban J connectivity index is 1.88. The van der Waals surface area contributed by atoms with Crippen molar-refractivity contribution in [3.63, 3.8) is 0 Å². The summed E-state index contributed by atoms with van der Waals surface area (Å²) in [7, 11) is 0. The normalized spacial score (nSPS) is 19.4. The summed E-state index contributed by atoms with van der Waals surface area (Å²) in [5.41, 5.74) is 7.35. The average molecular weight is 246 g/mol. The highest BCUT2D eigenvalue weighted by Gasteiger charge is 2.40. The number of nitrogens with zero attached hydrogens (tertiary/aromatic N) is 1. The van der Waals surface area contributed by atoms with Crippen LogP contribution in [0, 0.1) is 11.3 Å². The molecule has 2 nitrogen and oxygen atoms in total. The largest absolute Gasteiger partial charge is 0.330 e. The maximum absolute atomic E-state index is 5.97. The fourth-order valence-corrected chi connectivity index (χ4v) is 3.67. The highest BCUT2D eigenvalue weighted by atomic mass is 32.1. The molecule has 0 aliphatic heterocycles. The number of nitrogens with two attached hydrogens (primary N) is 1. The lowest BCUT2D eigenvalue weighted by atomic mass is 9.82. The van der Waals surface area contributed by atoms with Crippen LogP contribution in [0.2, 0.25) is 0 Å². The molecule has 1 aromatic carbocycles. The third-order valence-electron chi connectivity index (χ3n) is 3.92. The first-order valence-electron chi connectivity index (χ1n) is 6.26. The van der Waals surface area contributed by atoms with Crippen molar-refractivity contribution in [2.45, 2.75) is 26.2 Å². The Morgan fingerprint density at radius 2 is 2.18 bits per heavy atom. The van der Waals surface area contributed by atoms with Crippen molar-refractivity contribution in [1.29, 1.82) is 0 Å². The number of thiazole rings is 1. The van der Waals surface area contributed by atoms with E-state index in [0.29, 0.717) is 0 Å². The summed E-state index contributed by atoms with van der Waals surface area (Å²) in [4.78, 5) is 4.72. The van der Waals surface area contributed by atoms with Crippen molar-refractivity contribution in [2.75, 3.05) is 6.54 Å². The number of hydrogen-bond acceptors (Lipinski definition) is 3. The predicted octanol–water partition coefficient (Wildman–Crippen LogP) is 3.21. The SMILES string of the molecule is CC(CN)(Cc1nc2ccccc2s1)C1CC1. The van der Waals surface area contributed by atoms with Crippen LogP contribution in [0.1, 0.15) is 24.8 Å². The molecule has 1 aliphatic carbocycles. The van der Waals surface area contributed by atoms with Crippen LogP contribution in [-0.2, 0) is 6.42 Å². The zero-order valence-electron chi connectivity index (χ0n) is 10.1. The van der Waals surface area contributed by atoms with E-state index in [1.807, 2.05) is 11.3 Å². The monoisotopic (exact) mass is 246 g/mol. The Hall–Kier alpha value is -0.930. The van der Waals surface area contributed by atoms with E-state index in [2.05, 4.69) is 31.2 Å². The minimum Gasteiger partial charge on any atom is -0.330 e. The number of hydrogen-bond donors (Lipinski definition) is 1.